The summed E-state index contributed by atoms with van der Waals surface area (Å²) in [6.45, 7) is 4.47. The molecule has 0 spiro atoms. The highest BCUT2D eigenvalue weighted by molar-refractivity contribution is 8.26. The number of aliphatic imine (C=N–C) groups is 1. The van der Waals surface area contributed by atoms with Gasteiger partial charge in [0.1, 0.15) is 21.9 Å². The third-order valence-electron chi connectivity index (χ3n) is 4.02. The summed E-state index contributed by atoms with van der Waals surface area (Å²) in [7, 11) is -3.31. The Kier molecular flexibility index (Phi) is 4.08. The number of nitrogens with one attached hydrogen (secondary N) is 1. The average Bonchev–Trinajstić information content (AvgIpc) is 2.38. The Morgan fingerprint density at radius 3 is 2.57 bits per heavy atom. The van der Waals surface area contributed by atoms with Crippen LogP contribution in [0.5, 0.6) is 0 Å². The average molecular weight is 345 g/mol. The van der Waals surface area contributed by atoms with Crippen molar-refractivity contribution in [3.8, 4) is 0 Å². The number of hydrogen-bond donors (Lipinski definition) is 5. The van der Waals surface area contributed by atoms with Crippen LogP contribution in [-0.2, 0) is 5.54 Å². The summed E-state index contributed by atoms with van der Waals surface area (Å²) in [5, 5.41) is 11.1. The third-order valence-corrected chi connectivity index (χ3v) is 6.82. The lowest BCUT2D eigenvalue weighted by molar-refractivity contribution is 0.199. The number of carboxylic acid groups (broad SMARTS) is 1. The largest absolute Gasteiger partial charge is 0.465 e. The van der Waals surface area contributed by atoms with Gasteiger partial charge in [0.15, 0.2) is 0 Å². The fraction of sp³-hybridized carbons (Fsp3) is 0.429. The van der Waals surface area contributed by atoms with Crippen molar-refractivity contribution >= 4 is 28.2 Å². The fourth-order valence-electron chi connectivity index (χ4n) is 2.51. The van der Waals surface area contributed by atoms with Crippen molar-refractivity contribution in [3.05, 3.63) is 29.6 Å². The van der Waals surface area contributed by atoms with E-state index < -0.39 is 32.8 Å². The molecule has 6 N–H and O–H groups in total. The summed E-state index contributed by atoms with van der Waals surface area (Å²) >= 11 is 0. The number of nitrogen functional groups attached to an aromatic ring is 1. The summed E-state index contributed by atoms with van der Waals surface area (Å²) in [5.74, 6) is -0.964. The molecular formula is C14H20FN3O4S. The molecule has 23 heavy (non-hydrogen) atoms. The SMILES string of the molecule is CC1(c2cc(N)ccc2F)CS(O)(O)C(C)(C)C(NC(=O)O)=N1. The maximum atomic E-state index is 14.2. The molecule has 0 aliphatic carbocycles. The van der Waals surface area contributed by atoms with E-state index >= 15 is 0 Å². The van der Waals surface area contributed by atoms with Gasteiger partial charge in [-0.05, 0) is 39.0 Å². The van der Waals surface area contributed by atoms with Gasteiger partial charge < -0.3 is 10.8 Å². The normalized spacial score (nSPS) is 27.0. The number of amidine groups is 1. The first-order valence-corrected chi connectivity index (χ1v) is 8.52. The summed E-state index contributed by atoms with van der Waals surface area (Å²) in [4.78, 5) is 15.3. The number of carbonyl (C=O) groups is 1. The third kappa shape index (κ3) is 2.99. The van der Waals surface area contributed by atoms with Crippen molar-refractivity contribution in [1.82, 2.24) is 5.32 Å². The molecule has 1 amide bonds. The van der Waals surface area contributed by atoms with E-state index in [1.807, 2.05) is 0 Å². The lowest BCUT2D eigenvalue weighted by Crippen LogP contribution is -2.55. The summed E-state index contributed by atoms with van der Waals surface area (Å²) in [6.07, 6.45) is -1.38. The van der Waals surface area contributed by atoms with E-state index in [4.69, 9.17) is 10.8 Å². The summed E-state index contributed by atoms with van der Waals surface area (Å²) in [5.41, 5.74) is 4.71. The molecule has 1 aliphatic heterocycles. The second kappa shape index (κ2) is 5.36. The number of hydrogen-bond acceptors (Lipinski definition) is 5. The predicted molar refractivity (Wildman–Crippen MR) is 88.6 cm³/mol. The van der Waals surface area contributed by atoms with Gasteiger partial charge in [0.25, 0.3) is 0 Å². The van der Waals surface area contributed by atoms with E-state index in [-0.39, 0.29) is 17.2 Å². The molecule has 1 atom stereocenters. The minimum absolute atomic E-state index is 0.0812. The number of anilines is 1. The Balaban J connectivity index is 2.66. The van der Waals surface area contributed by atoms with Crippen LogP contribution in [0.15, 0.2) is 23.2 Å². The zero-order chi connectivity index (χ0) is 17.6. The first-order chi connectivity index (χ1) is 10.4. The standard InChI is InChI=1S/C14H20FN3O4S/c1-13(2)11(17-12(19)20)18-14(3,7-23(13,21)22)9-6-8(16)4-5-10(9)15/h4-6,21-22H,7,16H2,1-3H3,(H,17,18)(H,19,20). The van der Waals surface area contributed by atoms with Gasteiger partial charge >= 0.3 is 6.09 Å². The zero-order valence-electron chi connectivity index (χ0n) is 13.0. The van der Waals surface area contributed by atoms with E-state index in [0.717, 1.165) is 0 Å². The molecule has 1 heterocycles. The molecule has 2 rings (SSSR count). The predicted octanol–water partition coefficient (Wildman–Crippen LogP) is 2.83. The summed E-state index contributed by atoms with van der Waals surface area (Å²) in [6, 6.07) is 3.92. The van der Waals surface area contributed by atoms with Gasteiger partial charge in [0.2, 0.25) is 0 Å². The van der Waals surface area contributed by atoms with E-state index in [0.29, 0.717) is 5.69 Å². The van der Waals surface area contributed by atoms with Crippen LogP contribution < -0.4 is 11.1 Å². The molecule has 9 heteroatoms. The number of benzene rings is 1. The molecule has 0 saturated heterocycles. The number of halogens is 1. The Hall–Kier alpha value is -1.84. The molecule has 1 aromatic carbocycles. The second-order valence-corrected chi connectivity index (χ2v) is 8.87. The number of nitrogens with two attached hydrogens (primary N) is 1. The van der Waals surface area contributed by atoms with Crippen molar-refractivity contribution in [2.24, 2.45) is 4.99 Å². The topological polar surface area (TPSA) is 128 Å². The number of rotatable bonds is 1. The maximum Gasteiger partial charge on any atom is 0.410 e. The lowest BCUT2D eigenvalue weighted by atomic mass is 9.92. The van der Waals surface area contributed by atoms with Crippen LogP contribution in [0.2, 0.25) is 0 Å². The number of nitrogens with zero attached hydrogens (tertiary/aromatic N) is 1. The van der Waals surface area contributed by atoms with Gasteiger partial charge in [0.05, 0.1) is 5.75 Å². The Labute approximate surface area is 134 Å². The van der Waals surface area contributed by atoms with Crippen LogP contribution in [-0.4, -0.2) is 36.6 Å². The van der Waals surface area contributed by atoms with Crippen LogP contribution in [0.4, 0.5) is 14.9 Å². The molecule has 0 saturated carbocycles. The quantitative estimate of drug-likeness (QED) is 0.500. The van der Waals surface area contributed by atoms with Crippen LogP contribution in [0, 0.1) is 5.82 Å². The highest BCUT2D eigenvalue weighted by Gasteiger charge is 2.50. The van der Waals surface area contributed by atoms with Crippen LogP contribution >= 0.6 is 10.6 Å². The first kappa shape index (κ1) is 17.5. The van der Waals surface area contributed by atoms with E-state index in [1.54, 1.807) is 0 Å². The van der Waals surface area contributed by atoms with Crippen LogP contribution in [0.3, 0.4) is 0 Å². The molecule has 0 fully saturated rings. The molecule has 1 unspecified atom stereocenters. The van der Waals surface area contributed by atoms with Crippen molar-refractivity contribution < 1.29 is 23.4 Å². The fourth-order valence-corrected chi connectivity index (χ4v) is 4.29. The summed E-state index contributed by atoms with van der Waals surface area (Å²) < 4.78 is 33.9. The number of amides is 1. The van der Waals surface area contributed by atoms with Gasteiger partial charge in [-0.3, -0.25) is 19.4 Å². The molecule has 0 bridgehead atoms. The van der Waals surface area contributed by atoms with Crippen molar-refractivity contribution in [2.75, 3.05) is 11.5 Å². The molecule has 0 radical (unpaired) electrons. The Bertz CT molecular complexity index is 693. The molecule has 0 aromatic heterocycles. The van der Waals surface area contributed by atoms with E-state index in [1.165, 1.54) is 39.0 Å². The van der Waals surface area contributed by atoms with Gasteiger partial charge in [-0.15, -0.1) is 0 Å². The molecule has 1 aliphatic rings. The van der Waals surface area contributed by atoms with Crippen molar-refractivity contribution in [1.29, 1.82) is 0 Å². The molecule has 128 valence electrons. The van der Waals surface area contributed by atoms with E-state index in [2.05, 4.69) is 10.3 Å². The maximum absolute atomic E-state index is 14.2. The van der Waals surface area contributed by atoms with Crippen molar-refractivity contribution in [3.63, 3.8) is 0 Å². The highest BCUT2D eigenvalue weighted by Crippen LogP contribution is 2.59. The molecular weight excluding hydrogens is 325 g/mol. The van der Waals surface area contributed by atoms with Gasteiger partial charge in [0, 0.05) is 11.3 Å². The minimum atomic E-state index is -3.31. The van der Waals surface area contributed by atoms with Gasteiger partial charge in [-0.2, -0.15) is 10.6 Å². The second-order valence-electron chi connectivity index (χ2n) is 6.23. The Morgan fingerprint density at radius 2 is 2.00 bits per heavy atom. The van der Waals surface area contributed by atoms with Gasteiger partial charge in [-0.25, -0.2) is 9.18 Å². The highest BCUT2D eigenvalue weighted by atomic mass is 32.3. The molecule has 1 aromatic rings. The van der Waals surface area contributed by atoms with Gasteiger partial charge in [-0.1, -0.05) is 0 Å². The van der Waals surface area contributed by atoms with Crippen molar-refractivity contribution in [2.45, 2.75) is 31.1 Å². The first-order valence-electron chi connectivity index (χ1n) is 6.80. The van der Waals surface area contributed by atoms with Crippen LogP contribution in [0.25, 0.3) is 0 Å². The smallest absolute Gasteiger partial charge is 0.410 e. The lowest BCUT2D eigenvalue weighted by Gasteiger charge is -2.53. The van der Waals surface area contributed by atoms with E-state index in [9.17, 15) is 18.3 Å². The van der Waals surface area contributed by atoms with Crippen LogP contribution in [0.1, 0.15) is 26.3 Å². The molecule has 7 nitrogen and oxygen atoms in total. The minimum Gasteiger partial charge on any atom is -0.465 e. The Morgan fingerprint density at radius 1 is 1.39 bits per heavy atom. The zero-order valence-corrected chi connectivity index (χ0v) is 13.8. The monoisotopic (exact) mass is 345 g/mol.